The molecule has 0 radical (unpaired) electrons. The summed E-state index contributed by atoms with van der Waals surface area (Å²) in [5.41, 5.74) is 1.79. The molecule has 0 saturated carbocycles. The lowest BCUT2D eigenvalue weighted by Gasteiger charge is -2.36. The molecule has 29 heavy (non-hydrogen) atoms. The number of carbonyl (C=O) groups excluding carboxylic acids is 2. The predicted octanol–water partition coefficient (Wildman–Crippen LogP) is 3.22. The van der Waals surface area contributed by atoms with E-state index in [1.165, 1.54) is 33.6 Å². The van der Waals surface area contributed by atoms with Crippen molar-refractivity contribution in [3.8, 4) is 0 Å². The molecule has 2 aliphatic rings. The van der Waals surface area contributed by atoms with Crippen molar-refractivity contribution in [2.24, 2.45) is 0 Å². The molecule has 152 valence electrons. The number of nitrogens with zero attached hydrogens (tertiary/aromatic N) is 2. The van der Waals surface area contributed by atoms with Crippen molar-refractivity contribution in [3.63, 3.8) is 0 Å². The molecule has 2 amide bonds. The first-order valence-electron chi connectivity index (χ1n) is 9.85. The maximum atomic E-state index is 13.2. The summed E-state index contributed by atoms with van der Waals surface area (Å²) >= 11 is 2.76. The van der Waals surface area contributed by atoms with Crippen molar-refractivity contribution in [1.82, 2.24) is 9.80 Å². The molecule has 1 N–H and O–H groups in total. The lowest BCUT2D eigenvalue weighted by Crippen LogP contribution is -2.47. The summed E-state index contributed by atoms with van der Waals surface area (Å²) in [6, 6.07) is 14.1. The van der Waals surface area contributed by atoms with Crippen LogP contribution in [-0.2, 0) is 16.1 Å². The topological polar surface area (TPSA) is 60.9 Å². The zero-order valence-corrected chi connectivity index (χ0v) is 17.8. The highest BCUT2D eigenvalue weighted by atomic mass is 32.2. The van der Waals surface area contributed by atoms with Crippen LogP contribution in [0.2, 0.25) is 0 Å². The largest absolute Gasteiger partial charge is 0.396 e. The van der Waals surface area contributed by atoms with E-state index in [4.69, 9.17) is 0 Å². The Morgan fingerprint density at radius 1 is 1.03 bits per heavy atom. The maximum absolute atomic E-state index is 13.2. The first-order chi connectivity index (χ1) is 14.2. The molecule has 1 fully saturated rings. The molecular weight excluding hydrogens is 404 g/mol. The molecule has 1 aromatic heterocycles. The number of aliphatic hydroxyl groups excluding tert-OH is 1. The summed E-state index contributed by atoms with van der Waals surface area (Å²) in [7, 11) is 0. The van der Waals surface area contributed by atoms with Crippen LogP contribution < -0.4 is 0 Å². The van der Waals surface area contributed by atoms with Crippen molar-refractivity contribution in [2.75, 3.05) is 25.4 Å². The Hall–Kier alpha value is -1.93. The number of rotatable bonds is 7. The number of imide groups is 1. The van der Waals surface area contributed by atoms with Crippen LogP contribution in [0.3, 0.4) is 0 Å². The third kappa shape index (κ3) is 4.33. The van der Waals surface area contributed by atoms with E-state index in [1.54, 1.807) is 0 Å². The summed E-state index contributed by atoms with van der Waals surface area (Å²) in [5.74, 6) is 0.0322. The maximum Gasteiger partial charge on any atom is 0.268 e. The van der Waals surface area contributed by atoms with E-state index < -0.39 is 0 Å². The average molecular weight is 429 g/mol. The van der Waals surface area contributed by atoms with Gasteiger partial charge in [0.25, 0.3) is 11.8 Å². The minimum Gasteiger partial charge on any atom is -0.396 e. The molecule has 0 atom stereocenters. The van der Waals surface area contributed by atoms with Gasteiger partial charge in [-0.05, 0) is 29.9 Å². The Morgan fingerprint density at radius 3 is 2.45 bits per heavy atom. The first kappa shape index (κ1) is 20.3. The summed E-state index contributed by atoms with van der Waals surface area (Å²) in [6.07, 6.45) is 1.58. The number of thiophene rings is 1. The van der Waals surface area contributed by atoms with E-state index in [0.29, 0.717) is 16.2 Å². The van der Waals surface area contributed by atoms with Crippen molar-refractivity contribution < 1.29 is 14.7 Å². The van der Waals surface area contributed by atoms with Gasteiger partial charge < -0.3 is 5.11 Å². The minimum atomic E-state index is -0.196. The summed E-state index contributed by atoms with van der Waals surface area (Å²) in [5, 5.41) is 11.1. The van der Waals surface area contributed by atoms with Gasteiger partial charge in [0.05, 0.1) is 17.1 Å². The van der Waals surface area contributed by atoms with Gasteiger partial charge in [-0.25, -0.2) is 0 Å². The number of aliphatic hydroxyl groups is 1. The van der Waals surface area contributed by atoms with E-state index in [-0.39, 0.29) is 24.5 Å². The van der Waals surface area contributed by atoms with Crippen LogP contribution in [-0.4, -0.2) is 58.2 Å². The molecule has 0 aliphatic carbocycles. The molecule has 0 unspecified atom stereocenters. The molecule has 4 rings (SSSR count). The summed E-state index contributed by atoms with van der Waals surface area (Å²) < 4.78 is 0. The SMILES string of the molecule is O=C1C(SCCO)=C(c2cccs2)C(=O)N1C1CCN(Cc2ccccc2)CC1. The second-order valence-electron chi connectivity index (χ2n) is 7.23. The molecular formula is C22H24N2O3S2. The Bertz CT molecular complexity index is 888. The first-order valence-corrected chi connectivity index (χ1v) is 11.7. The van der Waals surface area contributed by atoms with Crippen molar-refractivity contribution >= 4 is 40.5 Å². The number of thioether (sulfide) groups is 1. The quantitative estimate of drug-likeness (QED) is 0.686. The highest BCUT2D eigenvalue weighted by molar-refractivity contribution is 8.04. The molecule has 3 heterocycles. The number of hydrogen-bond acceptors (Lipinski definition) is 6. The van der Waals surface area contributed by atoms with Gasteiger partial charge in [-0.3, -0.25) is 19.4 Å². The van der Waals surface area contributed by atoms with Crippen molar-refractivity contribution in [3.05, 3.63) is 63.2 Å². The Labute approximate surface area is 179 Å². The number of carbonyl (C=O) groups is 2. The fraction of sp³-hybridized carbons (Fsp3) is 0.364. The van der Waals surface area contributed by atoms with E-state index in [0.717, 1.165) is 37.4 Å². The third-order valence-corrected chi connectivity index (χ3v) is 7.29. The Balaban J connectivity index is 1.46. The lowest BCUT2D eigenvalue weighted by molar-refractivity contribution is -0.140. The van der Waals surface area contributed by atoms with Crippen molar-refractivity contribution in [2.45, 2.75) is 25.4 Å². The zero-order chi connectivity index (χ0) is 20.2. The minimum absolute atomic E-state index is 0.0226. The molecule has 1 saturated heterocycles. The Kier molecular flexibility index (Phi) is 6.50. The molecule has 0 spiro atoms. The fourth-order valence-corrected chi connectivity index (χ4v) is 5.65. The second kappa shape index (κ2) is 9.26. The van der Waals surface area contributed by atoms with Crippen LogP contribution in [0.4, 0.5) is 0 Å². The van der Waals surface area contributed by atoms with Gasteiger partial charge in [0, 0.05) is 36.3 Å². The summed E-state index contributed by atoms with van der Waals surface area (Å²) in [4.78, 5) is 31.5. The number of hydrogen-bond donors (Lipinski definition) is 1. The predicted molar refractivity (Wildman–Crippen MR) is 117 cm³/mol. The molecule has 1 aromatic carbocycles. The standard InChI is InChI=1S/C22H24N2O3S2/c25-12-14-29-20-19(18-7-4-13-28-18)21(26)24(22(20)27)17-8-10-23(11-9-17)15-16-5-2-1-3-6-16/h1-7,13,17,25H,8-12,14-15H2. The van der Waals surface area contributed by atoms with E-state index >= 15 is 0 Å². The van der Waals surface area contributed by atoms with E-state index in [9.17, 15) is 14.7 Å². The highest BCUT2D eigenvalue weighted by Crippen LogP contribution is 2.39. The second-order valence-corrected chi connectivity index (χ2v) is 9.28. The smallest absolute Gasteiger partial charge is 0.268 e. The van der Waals surface area contributed by atoms with Gasteiger partial charge >= 0.3 is 0 Å². The monoisotopic (exact) mass is 428 g/mol. The van der Waals surface area contributed by atoms with Gasteiger partial charge in [-0.15, -0.1) is 23.1 Å². The lowest BCUT2D eigenvalue weighted by atomic mass is 10.0. The summed E-state index contributed by atoms with van der Waals surface area (Å²) in [6.45, 7) is 2.60. The van der Waals surface area contributed by atoms with Gasteiger partial charge in [0.15, 0.2) is 0 Å². The normalized spacial score (nSPS) is 18.9. The third-order valence-electron chi connectivity index (χ3n) is 5.35. The van der Waals surface area contributed by atoms with E-state index in [2.05, 4.69) is 17.0 Å². The average Bonchev–Trinajstić information content (AvgIpc) is 3.34. The highest BCUT2D eigenvalue weighted by Gasteiger charge is 2.43. The van der Waals surface area contributed by atoms with Crippen molar-refractivity contribution in [1.29, 1.82) is 0 Å². The van der Waals surface area contributed by atoms with Crippen LogP contribution in [0.15, 0.2) is 52.7 Å². The number of piperidine rings is 1. The molecule has 7 heteroatoms. The number of amides is 2. The van der Waals surface area contributed by atoms with Gasteiger partial charge in [0.2, 0.25) is 0 Å². The van der Waals surface area contributed by atoms with Gasteiger partial charge in [-0.1, -0.05) is 36.4 Å². The van der Waals surface area contributed by atoms with Crippen LogP contribution in [0.5, 0.6) is 0 Å². The van der Waals surface area contributed by atoms with Crippen LogP contribution in [0.1, 0.15) is 23.3 Å². The van der Waals surface area contributed by atoms with E-state index in [1.807, 2.05) is 35.7 Å². The number of likely N-dealkylation sites (tertiary alicyclic amines) is 1. The molecule has 2 aromatic rings. The zero-order valence-electron chi connectivity index (χ0n) is 16.1. The van der Waals surface area contributed by atoms with Gasteiger partial charge in [-0.2, -0.15) is 0 Å². The molecule has 0 bridgehead atoms. The van der Waals surface area contributed by atoms with Crippen LogP contribution in [0, 0.1) is 0 Å². The number of benzene rings is 1. The molecule has 5 nitrogen and oxygen atoms in total. The van der Waals surface area contributed by atoms with Crippen LogP contribution in [0.25, 0.3) is 5.57 Å². The van der Waals surface area contributed by atoms with Gasteiger partial charge in [0.1, 0.15) is 0 Å². The fourth-order valence-electron chi connectivity index (χ4n) is 3.95. The molecule has 2 aliphatic heterocycles. The Morgan fingerprint density at radius 2 is 1.79 bits per heavy atom. The van der Waals surface area contributed by atoms with Crippen LogP contribution >= 0.6 is 23.1 Å².